The van der Waals surface area contributed by atoms with Gasteiger partial charge in [-0.1, -0.05) is 12.5 Å². The highest BCUT2D eigenvalue weighted by molar-refractivity contribution is 5.47. The maximum atomic E-state index is 4.42. The Hall–Kier alpha value is -1.35. The van der Waals surface area contributed by atoms with Crippen molar-refractivity contribution in [3.63, 3.8) is 0 Å². The first-order valence-electron chi connectivity index (χ1n) is 6.07. The second-order valence-electron chi connectivity index (χ2n) is 4.54. The molecule has 3 rings (SSSR count). The highest BCUT2D eigenvalue weighted by Gasteiger charge is 2.14. The minimum atomic E-state index is 0.636. The lowest BCUT2D eigenvalue weighted by Gasteiger charge is -2.23. The van der Waals surface area contributed by atoms with Gasteiger partial charge in [-0.25, -0.2) is 4.98 Å². The molecule has 1 atom stereocenters. The third-order valence-corrected chi connectivity index (χ3v) is 3.38. The maximum absolute atomic E-state index is 4.42. The van der Waals surface area contributed by atoms with E-state index < -0.39 is 0 Å². The van der Waals surface area contributed by atoms with Gasteiger partial charge in [-0.15, -0.1) is 0 Å². The Kier molecular flexibility index (Phi) is 2.62. The molecule has 0 unspecified atom stereocenters. The van der Waals surface area contributed by atoms with Crippen molar-refractivity contribution in [2.75, 3.05) is 6.54 Å². The minimum Gasteiger partial charge on any atom is -0.314 e. The zero-order valence-electron chi connectivity index (χ0n) is 9.39. The smallest absolute Gasteiger partial charge is 0.139 e. The summed E-state index contributed by atoms with van der Waals surface area (Å²) in [5.41, 5.74) is 2.46. The van der Waals surface area contributed by atoms with Crippen LogP contribution >= 0.6 is 0 Å². The van der Waals surface area contributed by atoms with E-state index in [0.717, 1.165) is 12.1 Å². The molecule has 1 aliphatic heterocycles. The van der Waals surface area contributed by atoms with E-state index in [4.69, 9.17) is 0 Å². The molecule has 84 valence electrons. The summed E-state index contributed by atoms with van der Waals surface area (Å²) >= 11 is 0. The number of piperidine rings is 1. The average molecular weight is 215 g/mol. The van der Waals surface area contributed by atoms with Crippen LogP contribution in [-0.4, -0.2) is 22.0 Å². The number of hydrogen-bond donors (Lipinski definition) is 1. The first-order valence-corrected chi connectivity index (χ1v) is 6.07. The monoisotopic (exact) mass is 215 g/mol. The van der Waals surface area contributed by atoms with Gasteiger partial charge in [0.05, 0.1) is 0 Å². The van der Waals surface area contributed by atoms with Crippen molar-refractivity contribution in [1.29, 1.82) is 0 Å². The number of aromatic nitrogens is 2. The molecule has 1 N–H and O–H groups in total. The van der Waals surface area contributed by atoms with Gasteiger partial charge in [0.1, 0.15) is 5.65 Å². The van der Waals surface area contributed by atoms with Gasteiger partial charge in [0.2, 0.25) is 0 Å². The molecule has 0 amide bonds. The van der Waals surface area contributed by atoms with Gasteiger partial charge in [0.25, 0.3) is 0 Å². The van der Waals surface area contributed by atoms with E-state index in [-0.39, 0.29) is 0 Å². The number of pyridine rings is 1. The lowest BCUT2D eigenvalue weighted by Crippen LogP contribution is -2.35. The van der Waals surface area contributed by atoms with Crippen LogP contribution in [0, 0.1) is 0 Å². The van der Waals surface area contributed by atoms with Gasteiger partial charge in [0.15, 0.2) is 0 Å². The fraction of sp³-hybridized carbons (Fsp3) is 0.462. The SMILES string of the molecule is c1cc(C[C@@H]2CCCCN2)c2nccn2c1. The lowest BCUT2D eigenvalue weighted by molar-refractivity contribution is 0.399. The van der Waals surface area contributed by atoms with Crippen molar-refractivity contribution in [3.8, 4) is 0 Å². The summed E-state index contributed by atoms with van der Waals surface area (Å²) in [7, 11) is 0. The molecular weight excluding hydrogens is 198 g/mol. The number of nitrogens with zero attached hydrogens (tertiary/aromatic N) is 2. The number of hydrogen-bond acceptors (Lipinski definition) is 2. The number of fused-ring (bicyclic) bond motifs is 1. The molecule has 3 heteroatoms. The third kappa shape index (κ3) is 1.83. The third-order valence-electron chi connectivity index (χ3n) is 3.38. The quantitative estimate of drug-likeness (QED) is 0.830. The van der Waals surface area contributed by atoms with E-state index in [1.807, 2.05) is 12.4 Å². The summed E-state index contributed by atoms with van der Waals surface area (Å²) in [6, 6.07) is 4.93. The summed E-state index contributed by atoms with van der Waals surface area (Å²) in [4.78, 5) is 4.42. The number of rotatable bonds is 2. The van der Waals surface area contributed by atoms with Gasteiger partial charge >= 0.3 is 0 Å². The maximum Gasteiger partial charge on any atom is 0.139 e. The lowest BCUT2D eigenvalue weighted by atomic mass is 9.98. The van der Waals surface area contributed by atoms with Crippen molar-refractivity contribution in [1.82, 2.24) is 14.7 Å². The Morgan fingerprint density at radius 3 is 3.25 bits per heavy atom. The van der Waals surface area contributed by atoms with Crippen molar-refractivity contribution in [3.05, 3.63) is 36.3 Å². The first-order chi connectivity index (χ1) is 7.93. The van der Waals surface area contributed by atoms with E-state index in [1.165, 1.54) is 31.4 Å². The largest absolute Gasteiger partial charge is 0.314 e. The Morgan fingerprint density at radius 1 is 1.38 bits per heavy atom. The Morgan fingerprint density at radius 2 is 2.38 bits per heavy atom. The predicted octanol–water partition coefficient (Wildman–Crippen LogP) is 2.02. The summed E-state index contributed by atoms with van der Waals surface area (Å²) in [6.45, 7) is 1.17. The van der Waals surface area contributed by atoms with E-state index in [9.17, 15) is 0 Å². The molecule has 2 aromatic heterocycles. The molecule has 16 heavy (non-hydrogen) atoms. The van der Waals surface area contributed by atoms with Crippen LogP contribution in [0.5, 0.6) is 0 Å². The molecule has 1 saturated heterocycles. The van der Waals surface area contributed by atoms with Crippen LogP contribution < -0.4 is 5.32 Å². The van der Waals surface area contributed by atoms with Crippen LogP contribution in [0.25, 0.3) is 5.65 Å². The fourth-order valence-corrected chi connectivity index (χ4v) is 2.53. The van der Waals surface area contributed by atoms with Gasteiger partial charge in [-0.3, -0.25) is 0 Å². The normalized spacial score (nSPS) is 21.4. The first kappa shape index (κ1) is 9.85. The van der Waals surface area contributed by atoms with Crippen LogP contribution in [0.2, 0.25) is 0 Å². The molecule has 0 aromatic carbocycles. The van der Waals surface area contributed by atoms with Crippen molar-refractivity contribution >= 4 is 5.65 Å². The highest BCUT2D eigenvalue weighted by atomic mass is 15.0. The van der Waals surface area contributed by atoms with Crippen LogP contribution in [0.1, 0.15) is 24.8 Å². The van der Waals surface area contributed by atoms with E-state index in [0.29, 0.717) is 6.04 Å². The van der Waals surface area contributed by atoms with E-state index in [1.54, 1.807) is 0 Å². The zero-order valence-corrected chi connectivity index (χ0v) is 9.39. The van der Waals surface area contributed by atoms with Crippen molar-refractivity contribution < 1.29 is 0 Å². The van der Waals surface area contributed by atoms with Crippen molar-refractivity contribution in [2.45, 2.75) is 31.7 Å². The molecule has 1 aliphatic rings. The van der Waals surface area contributed by atoms with Gasteiger partial charge in [-0.2, -0.15) is 0 Å². The zero-order chi connectivity index (χ0) is 10.8. The molecule has 0 radical (unpaired) electrons. The fourth-order valence-electron chi connectivity index (χ4n) is 2.53. The molecule has 1 fully saturated rings. The Balaban J connectivity index is 1.85. The highest BCUT2D eigenvalue weighted by Crippen LogP contribution is 2.15. The molecule has 0 spiro atoms. The predicted molar refractivity (Wildman–Crippen MR) is 64.5 cm³/mol. The summed E-state index contributed by atoms with van der Waals surface area (Å²) in [5, 5.41) is 3.59. The molecule has 0 bridgehead atoms. The molecule has 0 aliphatic carbocycles. The molecule has 0 saturated carbocycles. The van der Waals surface area contributed by atoms with Gasteiger partial charge < -0.3 is 9.72 Å². The van der Waals surface area contributed by atoms with Gasteiger partial charge in [-0.05, 0) is 37.4 Å². The Bertz CT molecular complexity index is 469. The van der Waals surface area contributed by atoms with Crippen LogP contribution in [0.15, 0.2) is 30.7 Å². The summed E-state index contributed by atoms with van der Waals surface area (Å²) < 4.78 is 2.10. The van der Waals surface area contributed by atoms with Crippen LogP contribution in [0.4, 0.5) is 0 Å². The Labute approximate surface area is 95.5 Å². The van der Waals surface area contributed by atoms with E-state index >= 15 is 0 Å². The molecule has 3 heterocycles. The van der Waals surface area contributed by atoms with Crippen molar-refractivity contribution in [2.24, 2.45) is 0 Å². The van der Waals surface area contributed by atoms with Gasteiger partial charge in [0, 0.05) is 24.6 Å². The topological polar surface area (TPSA) is 29.3 Å². The molecular formula is C13H17N3. The molecule has 3 nitrogen and oxygen atoms in total. The minimum absolute atomic E-state index is 0.636. The average Bonchev–Trinajstić information content (AvgIpc) is 2.80. The van der Waals surface area contributed by atoms with E-state index in [2.05, 4.69) is 33.0 Å². The second-order valence-corrected chi connectivity index (χ2v) is 4.54. The number of nitrogens with one attached hydrogen (secondary N) is 1. The molecule has 2 aromatic rings. The summed E-state index contributed by atoms with van der Waals surface area (Å²) in [6.07, 6.45) is 11.0. The second kappa shape index (κ2) is 4.26. The standard InChI is InChI=1S/C13H17N3/c1-2-6-14-12(5-1)10-11-4-3-8-16-9-7-15-13(11)16/h3-4,7-9,12,14H,1-2,5-6,10H2/t12-/m0/s1. The number of imidazole rings is 1. The van der Waals surface area contributed by atoms with Crippen LogP contribution in [0.3, 0.4) is 0 Å². The summed E-state index contributed by atoms with van der Waals surface area (Å²) in [5.74, 6) is 0. The van der Waals surface area contributed by atoms with Crippen LogP contribution in [-0.2, 0) is 6.42 Å².